The Hall–Kier alpha value is -2.18. The number of aryl methyl sites for hydroxylation is 1. The van der Waals surface area contributed by atoms with Gasteiger partial charge < -0.3 is 4.98 Å². The molecule has 0 atom stereocenters. The SMILES string of the molecule is CCCCCCCCc1nc(=O)n(NN=C(C)C)c2nc[nH]c12. The van der Waals surface area contributed by atoms with Gasteiger partial charge in [-0.05, 0) is 26.7 Å². The first-order valence-corrected chi connectivity index (χ1v) is 8.35. The molecule has 0 amide bonds. The van der Waals surface area contributed by atoms with Gasteiger partial charge >= 0.3 is 5.69 Å². The van der Waals surface area contributed by atoms with Crippen LogP contribution in [0.2, 0.25) is 0 Å². The van der Waals surface area contributed by atoms with Crippen molar-refractivity contribution in [3.63, 3.8) is 0 Å². The van der Waals surface area contributed by atoms with E-state index in [1.807, 2.05) is 13.8 Å². The number of aromatic nitrogens is 4. The molecule has 2 aromatic rings. The van der Waals surface area contributed by atoms with Gasteiger partial charge in [0.05, 0.1) is 12.0 Å². The van der Waals surface area contributed by atoms with Crippen LogP contribution in [-0.4, -0.2) is 25.3 Å². The maximum absolute atomic E-state index is 12.2. The van der Waals surface area contributed by atoms with Gasteiger partial charge in [0.2, 0.25) is 0 Å². The molecule has 0 aliphatic carbocycles. The third kappa shape index (κ3) is 4.64. The van der Waals surface area contributed by atoms with Gasteiger partial charge in [-0.15, -0.1) is 0 Å². The number of aromatic amines is 1. The molecule has 0 radical (unpaired) electrons. The van der Waals surface area contributed by atoms with E-state index in [0.29, 0.717) is 5.65 Å². The number of hydrogen-bond donors (Lipinski definition) is 2. The van der Waals surface area contributed by atoms with E-state index in [4.69, 9.17) is 0 Å². The maximum Gasteiger partial charge on any atom is 0.370 e. The van der Waals surface area contributed by atoms with E-state index in [1.165, 1.54) is 30.4 Å². The Labute approximate surface area is 136 Å². The quantitative estimate of drug-likeness (QED) is 0.423. The van der Waals surface area contributed by atoms with Crippen LogP contribution in [0.25, 0.3) is 11.2 Å². The number of H-pyrrole nitrogens is 1. The van der Waals surface area contributed by atoms with Crippen molar-refractivity contribution < 1.29 is 0 Å². The molecule has 7 nitrogen and oxygen atoms in total. The molecular formula is C16H26N6O. The molecule has 126 valence electrons. The highest BCUT2D eigenvalue weighted by Crippen LogP contribution is 2.14. The van der Waals surface area contributed by atoms with Gasteiger partial charge in [-0.3, -0.25) is 0 Å². The molecule has 7 heteroatoms. The lowest BCUT2D eigenvalue weighted by molar-refractivity contribution is 0.604. The van der Waals surface area contributed by atoms with Crippen LogP contribution in [0.4, 0.5) is 0 Å². The summed E-state index contributed by atoms with van der Waals surface area (Å²) in [6.07, 6.45) is 9.63. The predicted octanol–water partition coefficient (Wildman–Crippen LogP) is 2.96. The van der Waals surface area contributed by atoms with E-state index in [-0.39, 0.29) is 5.69 Å². The Morgan fingerprint density at radius 1 is 1.26 bits per heavy atom. The van der Waals surface area contributed by atoms with Crippen LogP contribution in [0, 0.1) is 0 Å². The van der Waals surface area contributed by atoms with E-state index in [1.54, 1.807) is 6.33 Å². The molecule has 0 unspecified atom stereocenters. The summed E-state index contributed by atoms with van der Waals surface area (Å²) < 4.78 is 1.27. The van der Waals surface area contributed by atoms with Gasteiger partial charge in [0.15, 0.2) is 5.65 Å². The average molecular weight is 318 g/mol. The summed E-state index contributed by atoms with van der Waals surface area (Å²) in [5.41, 5.74) is 5.27. The smallest absolute Gasteiger partial charge is 0.342 e. The molecule has 0 bridgehead atoms. The molecule has 0 aromatic carbocycles. The highest BCUT2D eigenvalue weighted by molar-refractivity contribution is 5.79. The molecule has 0 saturated carbocycles. The molecule has 0 aliphatic rings. The highest BCUT2D eigenvalue weighted by Gasteiger charge is 2.12. The first kappa shape index (κ1) is 17.2. The van der Waals surface area contributed by atoms with Crippen molar-refractivity contribution in [3.8, 4) is 0 Å². The summed E-state index contributed by atoms with van der Waals surface area (Å²) in [6.45, 7) is 5.91. The average Bonchev–Trinajstić information content (AvgIpc) is 2.99. The topological polar surface area (TPSA) is 88.0 Å². The number of nitrogens with one attached hydrogen (secondary N) is 2. The minimum absolute atomic E-state index is 0.379. The van der Waals surface area contributed by atoms with E-state index in [9.17, 15) is 4.79 Å². The fourth-order valence-electron chi connectivity index (χ4n) is 2.47. The van der Waals surface area contributed by atoms with Crippen molar-refractivity contribution in [2.45, 2.75) is 65.7 Å². The number of fused-ring (bicyclic) bond motifs is 1. The predicted molar refractivity (Wildman–Crippen MR) is 93.4 cm³/mol. The van der Waals surface area contributed by atoms with E-state index in [2.05, 4.69) is 32.5 Å². The van der Waals surface area contributed by atoms with Gasteiger partial charge in [-0.1, -0.05) is 39.0 Å². The number of nitrogens with zero attached hydrogens (tertiary/aromatic N) is 4. The van der Waals surface area contributed by atoms with Crippen molar-refractivity contribution in [2.75, 3.05) is 5.53 Å². The van der Waals surface area contributed by atoms with E-state index in [0.717, 1.165) is 36.2 Å². The van der Waals surface area contributed by atoms with Crippen LogP contribution in [-0.2, 0) is 6.42 Å². The Bertz CT molecular complexity index is 711. The third-order valence-electron chi connectivity index (χ3n) is 3.68. The number of imidazole rings is 1. The zero-order valence-corrected chi connectivity index (χ0v) is 14.2. The lowest BCUT2D eigenvalue weighted by Gasteiger charge is -2.08. The molecular weight excluding hydrogens is 292 g/mol. The van der Waals surface area contributed by atoms with Crippen LogP contribution >= 0.6 is 0 Å². The zero-order chi connectivity index (χ0) is 16.7. The van der Waals surface area contributed by atoms with Crippen molar-refractivity contribution in [3.05, 3.63) is 22.5 Å². The summed E-state index contributed by atoms with van der Waals surface area (Å²) in [7, 11) is 0. The Balaban J connectivity index is 2.10. The zero-order valence-electron chi connectivity index (χ0n) is 14.2. The lowest BCUT2D eigenvalue weighted by atomic mass is 10.1. The molecule has 2 heterocycles. The summed E-state index contributed by atoms with van der Waals surface area (Å²) in [4.78, 5) is 23.7. The third-order valence-corrected chi connectivity index (χ3v) is 3.68. The fourth-order valence-corrected chi connectivity index (χ4v) is 2.47. The van der Waals surface area contributed by atoms with Crippen molar-refractivity contribution in [2.24, 2.45) is 5.10 Å². The summed E-state index contributed by atoms with van der Waals surface area (Å²) in [5.74, 6) is 0. The van der Waals surface area contributed by atoms with Gasteiger partial charge in [0, 0.05) is 5.71 Å². The summed E-state index contributed by atoms with van der Waals surface area (Å²) >= 11 is 0. The van der Waals surface area contributed by atoms with Crippen molar-refractivity contribution in [1.29, 1.82) is 0 Å². The second-order valence-electron chi connectivity index (χ2n) is 5.95. The first-order chi connectivity index (χ1) is 11.1. The fraction of sp³-hybridized carbons (Fsp3) is 0.625. The minimum atomic E-state index is -0.379. The molecule has 2 rings (SSSR count). The van der Waals surface area contributed by atoms with Gasteiger partial charge in [0.1, 0.15) is 5.52 Å². The molecule has 0 aliphatic heterocycles. The van der Waals surface area contributed by atoms with Crippen molar-refractivity contribution in [1.82, 2.24) is 19.6 Å². The van der Waals surface area contributed by atoms with Gasteiger partial charge in [-0.2, -0.15) is 14.8 Å². The Kier molecular flexibility index (Phi) is 6.31. The monoisotopic (exact) mass is 318 g/mol. The van der Waals surface area contributed by atoms with Crippen LogP contribution in [0.15, 0.2) is 16.2 Å². The second-order valence-corrected chi connectivity index (χ2v) is 5.95. The van der Waals surface area contributed by atoms with Crippen LogP contribution < -0.4 is 11.2 Å². The number of hydrogen-bond acceptors (Lipinski definition) is 5. The normalized spacial score (nSPS) is 10.9. The standard InChI is InChI=1S/C16H26N6O/c1-4-5-6-7-8-9-10-13-14-15(18-11-17-14)22(16(23)19-13)21-20-12(2)3/h11,21H,4-10H2,1-3H3,(H,17,18). The Morgan fingerprint density at radius 3 is 2.74 bits per heavy atom. The molecule has 0 fully saturated rings. The van der Waals surface area contributed by atoms with Crippen LogP contribution in [0.3, 0.4) is 0 Å². The first-order valence-electron chi connectivity index (χ1n) is 8.35. The maximum atomic E-state index is 12.2. The van der Waals surface area contributed by atoms with E-state index < -0.39 is 0 Å². The van der Waals surface area contributed by atoms with Crippen LogP contribution in [0.5, 0.6) is 0 Å². The van der Waals surface area contributed by atoms with Crippen LogP contribution in [0.1, 0.15) is 65.0 Å². The molecule has 0 saturated heterocycles. The van der Waals surface area contributed by atoms with E-state index >= 15 is 0 Å². The molecule has 2 aromatic heterocycles. The largest absolute Gasteiger partial charge is 0.370 e. The van der Waals surface area contributed by atoms with Crippen molar-refractivity contribution >= 4 is 16.9 Å². The number of unbranched alkanes of at least 4 members (excludes halogenated alkanes) is 5. The summed E-state index contributed by atoms with van der Waals surface area (Å²) in [5, 5.41) is 4.05. The summed E-state index contributed by atoms with van der Waals surface area (Å²) in [6, 6.07) is 0. The number of hydrazone groups is 1. The highest BCUT2D eigenvalue weighted by atomic mass is 16.2. The molecule has 23 heavy (non-hydrogen) atoms. The number of rotatable bonds is 9. The minimum Gasteiger partial charge on any atom is -0.342 e. The lowest BCUT2D eigenvalue weighted by Crippen LogP contribution is -2.30. The van der Waals surface area contributed by atoms with Gasteiger partial charge in [0.25, 0.3) is 0 Å². The molecule has 2 N–H and O–H groups in total. The molecule has 0 spiro atoms. The van der Waals surface area contributed by atoms with Gasteiger partial charge in [-0.25, -0.2) is 15.3 Å². The Morgan fingerprint density at radius 2 is 2.00 bits per heavy atom. The second kappa shape index (κ2) is 8.45.